The highest BCUT2D eigenvalue weighted by Crippen LogP contribution is 2.31. The molecule has 0 aliphatic rings. The maximum atomic E-state index is 11.6. The summed E-state index contributed by atoms with van der Waals surface area (Å²) in [5.41, 5.74) is 0.0149. The van der Waals surface area contributed by atoms with Gasteiger partial charge in [0.15, 0.2) is 5.56 Å². The van der Waals surface area contributed by atoms with Crippen LogP contribution in [-0.2, 0) is 4.74 Å². The number of rotatable bonds is 5. The van der Waals surface area contributed by atoms with Gasteiger partial charge in [-0.2, -0.15) is 4.37 Å². The van der Waals surface area contributed by atoms with Gasteiger partial charge < -0.3 is 14.6 Å². The van der Waals surface area contributed by atoms with E-state index in [-0.39, 0.29) is 23.1 Å². The minimum atomic E-state index is -1.28. The van der Waals surface area contributed by atoms with Gasteiger partial charge >= 0.3 is 12.1 Å². The molecule has 0 bridgehead atoms. The van der Waals surface area contributed by atoms with Crippen LogP contribution >= 0.6 is 11.5 Å². The summed E-state index contributed by atoms with van der Waals surface area (Å²) in [5, 5.41) is 10.8. The highest BCUT2D eigenvalue weighted by Gasteiger charge is 2.24. The number of anilines is 1. The number of carbonyl (C=O) groups is 2. The number of esters is 1. The van der Waals surface area contributed by atoms with Crippen molar-refractivity contribution in [2.24, 2.45) is 0 Å². The second-order valence-corrected chi connectivity index (χ2v) is 3.55. The van der Waals surface area contributed by atoms with Gasteiger partial charge in [0.1, 0.15) is 5.00 Å². The molecule has 0 atom stereocenters. The minimum absolute atomic E-state index is 0.0149. The zero-order valence-corrected chi connectivity index (χ0v) is 10.2. The molecule has 7 nitrogen and oxygen atoms in total. The molecule has 0 unspecified atom stereocenters. The van der Waals surface area contributed by atoms with Crippen molar-refractivity contribution in [3.05, 3.63) is 5.56 Å². The van der Waals surface area contributed by atoms with E-state index in [0.717, 1.165) is 11.5 Å². The number of carbonyl (C=O) groups excluding carboxylic acids is 1. The first-order valence-electron chi connectivity index (χ1n) is 4.89. The van der Waals surface area contributed by atoms with Gasteiger partial charge in [-0.15, -0.1) is 0 Å². The first kappa shape index (κ1) is 13.2. The summed E-state index contributed by atoms with van der Waals surface area (Å²) < 4.78 is 13.8. The first-order chi connectivity index (χ1) is 8.10. The smallest absolute Gasteiger partial charge is 0.409 e. The molecule has 1 aromatic heterocycles. The van der Waals surface area contributed by atoms with E-state index >= 15 is 0 Å². The van der Waals surface area contributed by atoms with E-state index < -0.39 is 12.1 Å². The zero-order chi connectivity index (χ0) is 12.8. The predicted octanol–water partition coefficient (Wildman–Crippen LogP) is 1.81. The van der Waals surface area contributed by atoms with Crippen molar-refractivity contribution < 1.29 is 24.2 Å². The Labute approximate surface area is 102 Å². The lowest BCUT2D eigenvalue weighted by atomic mass is 10.3. The molecular weight excluding hydrogens is 248 g/mol. The second-order valence-electron chi connectivity index (χ2n) is 2.78. The molecule has 1 rings (SSSR count). The van der Waals surface area contributed by atoms with E-state index in [4.69, 9.17) is 14.6 Å². The van der Waals surface area contributed by atoms with Crippen molar-refractivity contribution in [1.29, 1.82) is 0 Å². The van der Waals surface area contributed by atoms with Gasteiger partial charge in [-0.25, -0.2) is 9.59 Å². The maximum Gasteiger partial charge on any atom is 0.409 e. The Kier molecular flexibility index (Phi) is 4.70. The van der Waals surface area contributed by atoms with Crippen molar-refractivity contribution in [3.63, 3.8) is 0 Å². The minimum Gasteiger partial charge on any atom is -0.477 e. The average molecular weight is 260 g/mol. The van der Waals surface area contributed by atoms with Crippen LogP contribution in [0.1, 0.15) is 24.2 Å². The van der Waals surface area contributed by atoms with Crippen LogP contribution < -0.4 is 10.1 Å². The molecule has 0 saturated heterocycles. The van der Waals surface area contributed by atoms with E-state index in [9.17, 15) is 9.59 Å². The summed E-state index contributed by atoms with van der Waals surface area (Å²) in [6, 6.07) is 0. The van der Waals surface area contributed by atoms with Gasteiger partial charge in [0.05, 0.1) is 13.2 Å². The number of hydrogen-bond donors (Lipinski definition) is 2. The molecule has 94 valence electrons. The number of nitrogens with zero attached hydrogens (tertiary/aromatic N) is 1. The van der Waals surface area contributed by atoms with Crippen LogP contribution in [0.5, 0.6) is 5.88 Å². The van der Waals surface area contributed by atoms with Crippen LogP contribution in [0.4, 0.5) is 9.80 Å². The molecule has 0 aliphatic heterocycles. The van der Waals surface area contributed by atoms with Crippen molar-refractivity contribution in [2.45, 2.75) is 13.8 Å². The summed E-state index contributed by atoms with van der Waals surface area (Å²) in [4.78, 5) is 22.2. The molecule has 0 radical (unpaired) electrons. The van der Waals surface area contributed by atoms with Gasteiger partial charge in [0, 0.05) is 0 Å². The zero-order valence-electron chi connectivity index (χ0n) is 9.35. The number of ether oxygens (including phenoxy) is 2. The molecule has 8 heteroatoms. The largest absolute Gasteiger partial charge is 0.477 e. The van der Waals surface area contributed by atoms with Crippen LogP contribution in [0.3, 0.4) is 0 Å². The number of carboxylic acid groups (broad SMARTS) is 1. The maximum absolute atomic E-state index is 11.6. The van der Waals surface area contributed by atoms with Crippen LogP contribution in [0, 0.1) is 0 Å². The standard InChI is InChI=1S/C9H12N2O5S/c1-3-15-6-5(8(12)16-4-2)7(17-11-6)10-9(13)14/h10H,3-4H2,1-2H3,(H,13,14). The van der Waals surface area contributed by atoms with E-state index in [1.807, 2.05) is 0 Å². The highest BCUT2D eigenvalue weighted by molar-refractivity contribution is 7.11. The average Bonchev–Trinajstić information content (AvgIpc) is 2.61. The molecule has 2 N–H and O–H groups in total. The fourth-order valence-electron chi connectivity index (χ4n) is 1.08. The molecule has 0 aliphatic carbocycles. The topological polar surface area (TPSA) is 97.8 Å². The molecule has 17 heavy (non-hydrogen) atoms. The summed E-state index contributed by atoms with van der Waals surface area (Å²) in [5.74, 6) is -0.576. The Morgan fingerprint density at radius 1 is 1.41 bits per heavy atom. The Bertz CT molecular complexity index is 418. The number of aromatic nitrogens is 1. The fraction of sp³-hybridized carbons (Fsp3) is 0.444. The van der Waals surface area contributed by atoms with E-state index in [1.165, 1.54) is 0 Å². The van der Waals surface area contributed by atoms with E-state index in [0.29, 0.717) is 6.61 Å². The second kappa shape index (κ2) is 6.04. The Balaban J connectivity index is 3.04. The number of nitrogens with one attached hydrogen (secondary N) is 1. The SMILES string of the molecule is CCOC(=O)c1c(OCC)nsc1NC(=O)O. The molecular formula is C9H12N2O5S. The van der Waals surface area contributed by atoms with Crippen LogP contribution in [-0.4, -0.2) is 34.8 Å². The third-order valence-electron chi connectivity index (χ3n) is 1.64. The molecule has 1 amide bonds. The van der Waals surface area contributed by atoms with E-state index in [1.54, 1.807) is 13.8 Å². The first-order valence-corrected chi connectivity index (χ1v) is 5.67. The lowest BCUT2D eigenvalue weighted by molar-refractivity contribution is 0.0523. The van der Waals surface area contributed by atoms with Crippen molar-refractivity contribution in [2.75, 3.05) is 18.5 Å². The van der Waals surface area contributed by atoms with Crippen molar-refractivity contribution >= 4 is 28.6 Å². The van der Waals surface area contributed by atoms with Crippen LogP contribution in [0.2, 0.25) is 0 Å². The third-order valence-corrected chi connectivity index (χ3v) is 2.39. The van der Waals surface area contributed by atoms with Gasteiger partial charge in [-0.1, -0.05) is 0 Å². The Morgan fingerprint density at radius 3 is 2.65 bits per heavy atom. The number of amides is 1. The highest BCUT2D eigenvalue weighted by atomic mass is 32.1. The van der Waals surface area contributed by atoms with E-state index in [2.05, 4.69) is 9.69 Å². The monoisotopic (exact) mass is 260 g/mol. The molecule has 0 aromatic carbocycles. The normalized spacial score (nSPS) is 9.76. The molecule has 1 heterocycles. The summed E-state index contributed by atoms with van der Waals surface area (Å²) in [6.07, 6.45) is -1.28. The summed E-state index contributed by atoms with van der Waals surface area (Å²) in [7, 11) is 0. The predicted molar refractivity (Wildman–Crippen MR) is 60.9 cm³/mol. The Morgan fingerprint density at radius 2 is 2.12 bits per heavy atom. The lowest BCUT2D eigenvalue weighted by Gasteiger charge is -2.05. The molecule has 0 spiro atoms. The molecule has 1 aromatic rings. The lowest BCUT2D eigenvalue weighted by Crippen LogP contribution is -2.12. The summed E-state index contributed by atoms with van der Waals surface area (Å²) >= 11 is 0.831. The third kappa shape index (κ3) is 3.31. The van der Waals surface area contributed by atoms with Gasteiger partial charge in [-0.05, 0) is 25.4 Å². The van der Waals surface area contributed by atoms with Crippen LogP contribution in [0.15, 0.2) is 0 Å². The van der Waals surface area contributed by atoms with Gasteiger partial charge in [-0.3, -0.25) is 5.32 Å². The van der Waals surface area contributed by atoms with Crippen molar-refractivity contribution in [3.8, 4) is 5.88 Å². The fourth-order valence-corrected chi connectivity index (χ4v) is 1.79. The van der Waals surface area contributed by atoms with Crippen LogP contribution in [0.25, 0.3) is 0 Å². The summed E-state index contributed by atoms with van der Waals surface area (Å²) in [6.45, 7) is 3.90. The van der Waals surface area contributed by atoms with Crippen molar-refractivity contribution in [1.82, 2.24) is 4.37 Å². The van der Waals surface area contributed by atoms with Gasteiger partial charge in [0.2, 0.25) is 5.88 Å². The van der Waals surface area contributed by atoms with Gasteiger partial charge in [0.25, 0.3) is 0 Å². The quantitative estimate of drug-likeness (QED) is 0.783. The number of hydrogen-bond acceptors (Lipinski definition) is 6. The Hall–Kier alpha value is -1.83. The molecule has 0 saturated carbocycles. The molecule has 0 fully saturated rings.